The van der Waals surface area contributed by atoms with E-state index in [4.69, 9.17) is 21.1 Å². The highest BCUT2D eigenvalue weighted by Crippen LogP contribution is 2.00. The van der Waals surface area contributed by atoms with E-state index in [9.17, 15) is 29.1 Å². The summed E-state index contributed by atoms with van der Waals surface area (Å²) in [5.41, 5.74) is 5.63. The molecule has 4 unspecified atom stereocenters. The van der Waals surface area contributed by atoms with Gasteiger partial charge in [-0.05, 0) is 5.92 Å². The fourth-order valence-electron chi connectivity index (χ4n) is 1.88. The number of hydrogen-bond acceptors (Lipinski definition) is 8. The molecule has 0 aliphatic heterocycles. The lowest BCUT2D eigenvalue weighted by Gasteiger charge is -2.24. The number of aliphatic hydroxyl groups is 2. The van der Waals surface area contributed by atoms with Crippen molar-refractivity contribution < 1.29 is 44.4 Å². The number of nitrogens with two attached hydrogens (primary N) is 1. The molecule has 28 heavy (non-hydrogen) atoms. The molecule has 0 heterocycles. The first kappa shape index (κ1) is 25.2. The van der Waals surface area contributed by atoms with Crippen LogP contribution in [-0.2, 0) is 24.0 Å². The van der Waals surface area contributed by atoms with Crippen LogP contribution in [0.15, 0.2) is 0 Å². The number of hydrogen-bond donors (Lipinski definition) is 8. The van der Waals surface area contributed by atoms with Gasteiger partial charge in [-0.25, -0.2) is 4.79 Å². The SMILES string of the molecule is CC(C)C(N)C(=O)NC(CO)C(=O)NC(CC(=O)O)C(=O)NC(CO)C(=O)O. The number of rotatable bonds is 12. The molecule has 3 amide bonds. The molecule has 0 saturated heterocycles. The molecule has 9 N–H and O–H groups in total. The van der Waals surface area contributed by atoms with E-state index >= 15 is 0 Å². The van der Waals surface area contributed by atoms with E-state index in [0.29, 0.717) is 0 Å². The van der Waals surface area contributed by atoms with Crippen LogP contribution in [0.2, 0.25) is 0 Å². The zero-order chi connectivity index (χ0) is 22.0. The molecule has 13 nitrogen and oxygen atoms in total. The summed E-state index contributed by atoms with van der Waals surface area (Å²) in [5, 5.41) is 42.0. The molecule has 0 fully saturated rings. The van der Waals surface area contributed by atoms with Gasteiger partial charge in [0, 0.05) is 0 Å². The van der Waals surface area contributed by atoms with Crippen LogP contribution >= 0.6 is 0 Å². The summed E-state index contributed by atoms with van der Waals surface area (Å²) < 4.78 is 0. The van der Waals surface area contributed by atoms with E-state index in [-0.39, 0.29) is 5.92 Å². The molecule has 0 aromatic carbocycles. The van der Waals surface area contributed by atoms with Crippen molar-refractivity contribution in [3.8, 4) is 0 Å². The van der Waals surface area contributed by atoms with Gasteiger partial charge < -0.3 is 42.1 Å². The van der Waals surface area contributed by atoms with Crippen molar-refractivity contribution in [1.29, 1.82) is 0 Å². The fourth-order valence-corrected chi connectivity index (χ4v) is 1.88. The van der Waals surface area contributed by atoms with E-state index in [0.717, 1.165) is 0 Å². The number of carbonyl (C=O) groups excluding carboxylic acids is 3. The number of carbonyl (C=O) groups is 5. The average molecular weight is 406 g/mol. The van der Waals surface area contributed by atoms with Crippen molar-refractivity contribution in [2.75, 3.05) is 13.2 Å². The van der Waals surface area contributed by atoms with Gasteiger partial charge in [-0.1, -0.05) is 13.8 Å². The van der Waals surface area contributed by atoms with Gasteiger partial charge in [-0.15, -0.1) is 0 Å². The summed E-state index contributed by atoms with van der Waals surface area (Å²) in [6.45, 7) is 1.49. The first-order valence-electron chi connectivity index (χ1n) is 8.27. The molecule has 4 atom stereocenters. The number of carboxylic acids is 2. The molecular formula is C15H26N4O9. The van der Waals surface area contributed by atoms with Gasteiger partial charge in [0.25, 0.3) is 0 Å². The van der Waals surface area contributed by atoms with Crippen molar-refractivity contribution in [1.82, 2.24) is 16.0 Å². The molecular weight excluding hydrogens is 380 g/mol. The number of aliphatic carboxylic acids is 2. The number of amides is 3. The lowest BCUT2D eigenvalue weighted by Crippen LogP contribution is -2.59. The molecule has 0 radical (unpaired) electrons. The molecule has 0 rings (SSSR count). The maximum atomic E-state index is 12.2. The van der Waals surface area contributed by atoms with E-state index in [2.05, 4.69) is 5.32 Å². The first-order chi connectivity index (χ1) is 12.9. The summed E-state index contributed by atoms with van der Waals surface area (Å²) in [4.78, 5) is 58.0. The van der Waals surface area contributed by atoms with Gasteiger partial charge in [0.15, 0.2) is 0 Å². The third kappa shape index (κ3) is 8.28. The third-order valence-electron chi connectivity index (χ3n) is 3.65. The van der Waals surface area contributed by atoms with Crippen LogP contribution in [0.25, 0.3) is 0 Å². The average Bonchev–Trinajstić information content (AvgIpc) is 2.61. The third-order valence-corrected chi connectivity index (χ3v) is 3.65. The normalized spacial score (nSPS) is 15.1. The zero-order valence-electron chi connectivity index (χ0n) is 15.4. The van der Waals surface area contributed by atoms with Crippen LogP contribution in [0.5, 0.6) is 0 Å². The monoisotopic (exact) mass is 406 g/mol. The van der Waals surface area contributed by atoms with E-state index in [1.54, 1.807) is 13.8 Å². The lowest BCUT2D eigenvalue weighted by atomic mass is 10.0. The van der Waals surface area contributed by atoms with Crippen LogP contribution in [0.3, 0.4) is 0 Å². The van der Waals surface area contributed by atoms with Gasteiger partial charge >= 0.3 is 11.9 Å². The molecule has 0 aliphatic rings. The van der Waals surface area contributed by atoms with Gasteiger partial charge in [-0.2, -0.15) is 0 Å². The Balaban J connectivity index is 5.21. The minimum Gasteiger partial charge on any atom is -0.481 e. The second-order valence-corrected chi connectivity index (χ2v) is 6.25. The topological polar surface area (TPSA) is 228 Å². The molecule has 0 aromatic rings. The highest BCUT2D eigenvalue weighted by molar-refractivity contribution is 5.95. The van der Waals surface area contributed by atoms with Crippen molar-refractivity contribution >= 4 is 29.7 Å². The standard InChI is InChI=1S/C15H26N4O9/c1-6(2)11(16)14(26)18-8(4-20)13(25)17-7(3-10(22)23)12(24)19-9(5-21)15(27)28/h6-9,11,20-21H,3-5,16H2,1-2H3,(H,17,25)(H,18,26)(H,19,24)(H,22,23)(H,27,28). The Morgan fingerprint density at radius 1 is 0.786 bits per heavy atom. The molecule has 0 saturated carbocycles. The van der Waals surface area contributed by atoms with Crippen molar-refractivity contribution in [3.63, 3.8) is 0 Å². The summed E-state index contributed by atoms with van der Waals surface area (Å²) in [5.74, 6) is -6.32. The zero-order valence-corrected chi connectivity index (χ0v) is 15.4. The van der Waals surface area contributed by atoms with E-state index in [1.165, 1.54) is 0 Å². The molecule has 13 heteroatoms. The van der Waals surface area contributed by atoms with Crippen molar-refractivity contribution in [3.05, 3.63) is 0 Å². The Kier molecular flexibility index (Phi) is 10.7. The van der Waals surface area contributed by atoms with Crippen LogP contribution < -0.4 is 21.7 Å². The van der Waals surface area contributed by atoms with Gasteiger partial charge in [0.1, 0.15) is 18.1 Å². The number of carboxylic acid groups (broad SMARTS) is 2. The molecule has 0 aliphatic carbocycles. The molecule has 0 bridgehead atoms. The Hall–Kier alpha value is -2.77. The minimum absolute atomic E-state index is 0.264. The van der Waals surface area contributed by atoms with Crippen LogP contribution in [-0.4, -0.2) is 87.5 Å². The maximum Gasteiger partial charge on any atom is 0.328 e. The number of aliphatic hydroxyl groups excluding tert-OH is 2. The smallest absolute Gasteiger partial charge is 0.328 e. The van der Waals surface area contributed by atoms with Crippen LogP contribution in [0, 0.1) is 5.92 Å². The predicted octanol–water partition coefficient (Wildman–Crippen LogP) is -4.03. The Morgan fingerprint density at radius 3 is 1.61 bits per heavy atom. The maximum absolute atomic E-state index is 12.2. The predicted molar refractivity (Wildman–Crippen MR) is 92.7 cm³/mol. The van der Waals surface area contributed by atoms with E-state index < -0.39 is 73.5 Å². The second kappa shape index (κ2) is 11.8. The first-order valence-corrected chi connectivity index (χ1v) is 8.27. The molecule has 160 valence electrons. The summed E-state index contributed by atoms with van der Waals surface area (Å²) in [6, 6.07) is -5.92. The van der Waals surface area contributed by atoms with Gasteiger partial charge in [0.05, 0.1) is 25.7 Å². The summed E-state index contributed by atoms with van der Waals surface area (Å²) in [6.07, 6.45) is -0.910. The molecule has 0 spiro atoms. The quantitative estimate of drug-likeness (QED) is 0.156. The Bertz CT molecular complexity index is 596. The van der Waals surface area contributed by atoms with Crippen molar-refractivity contribution in [2.24, 2.45) is 11.7 Å². The van der Waals surface area contributed by atoms with Crippen LogP contribution in [0.4, 0.5) is 0 Å². The highest BCUT2D eigenvalue weighted by atomic mass is 16.4. The minimum atomic E-state index is -1.72. The van der Waals surface area contributed by atoms with Crippen LogP contribution in [0.1, 0.15) is 20.3 Å². The second-order valence-electron chi connectivity index (χ2n) is 6.25. The largest absolute Gasteiger partial charge is 0.481 e. The van der Waals surface area contributed by atoms with Gasteiger partial charge in [-0.3, -0.25) is 19.2 Å². The van der Waals surface area contributed by atoms with Gasteiger partial charge in [0.2, 0.25) is 17.7 Å². The summed E-state index contributed by atoms with van der Waals surface area (Å²) >= 11 is 0. The van der Waals surface area contributed by atoms with Crippen molar-refractivity contribution in [2.45, 2.75) is 44.4 Å². The lowest BCUT2D eigenvalue weighted by molar-refractivity contribution is -0.144. The Morgan fingerprint density at radius 2 is 1.21 bits per heavy atom. The summed E-state index contributed by atoms with van der Waals surface area (Å²) in [7, 11) is 0. The highest BCUT2D eigenvalue weighted by Gasteiger charge is 2.31. The fraction of sp³-hybridized carbons (Fsp3) is 0.667. The molecule has 0 aromatic heterocycles. The van der Waals surface area contributed by atoms with E-state index in [1.807, 2.05) is 10.6 Å². The number of nitrogens with one attached hydrogen (secondary N) is 3. The Labute approximate surface area is 160 Å².